The molecule has 2 atom stereocenters. The summed E-state index contributed by atoms with van der Waals surface area (Å²) in [7, 11) is 0. The third-order valence-corrected chi connectivity index (χ3v) is 7.25. The third-order valence-electron chi connectivity index (χ3n) is 7.25. The first-order valence-corrected chi connectivity index (χ1v) is 12.5. The Morgan fingerprint density at radius 2 is 1.89 bits per heavy atom. The first-order chi connectivity index (χ1) is 18.0. The number of benzene rings is 3. The Morgan fingerprint density at radius 3 is 2.65 bits per heavy atom. The largest absolute Gasteiger partial charge is 0.492 e. The molecule has 1 fully saturated rings. The molecule has 190 valence electrons. The Balaban J connectivity index is 1.19. The number of carbonyl (C=O) groups is 2. The van der Waals surface area contributed by atoms with E-state index in [-0.39, 0.29) is 24.1 Å². The molecule has 1 N–H and O–H groups in total. The van der Waals surface area contributed by atoms with E-state index in [0.717, 1.165) is 29.8 Å². The van der Waals surface area contributed by atoms with Gasteiger partial charge in [-0.2, -0.15) is 0 Å². The van der Waals surface area contributed by atoms with Crippen LogP contribution in [0.4, 0.5) is 10.1 Å². The van der Waals surface area contributed by atoms with E-state index in [9.17, 15) is 14.0 Å². The number of rotatable bonds is 7. The lowest BCUT2D eigenvalue weighted by Crippen LogP contribution is -2.23. The van der Waals surface area contributed by atoms with Crippen LogP contribution in [0, 0.1) is 5.82 Å². The number of hydrogen-bond acceptors (Lipinski definition) is 5. The van der Waals surface area contributed by atoms with Crippen molar-refractivity contribution in [2.24, 2.45) is 0 Å². The molecule has 7 nitrogen and oxygen atoms in total. The van der Waals surface area contributed by atoms with Gasteiger partial charge in [0.15, 0.2) is 0 Å². The molecule has 0 radical (unpaired) electrons. The van der Waals surface area contributed by atoms with Crippen LogP contribution in [-0.2, 0) is 16.0 Å². The number of hydrogen-bond donors (Lipinski definition) is 1. The molecule has 2 aliphatic heterocycles. The lowest BCUT2D eigenvalue weighted by Gasteiger charge is -2.18. The molecule has 0 unspecified atom stereocenters. The molecule has 3 aromatic carbocycles. The molecule has 2 heterocycles. The van der Waals surface area contributed by atoms with Gasteiger partial charge in [0.25, 0.3) is 0 Å². The second-order valence-corrected chi connectivity index (χ2v) is 9.63. The van der Waals surface area contributed by atoms with Crippen LogP contribution in [0.3, 0.4) is 0 Å². The van der Waals surface area contributed by atoms with E-state index in [1.54, 1.807) is 23.1 Å². The van der Waals surface area contributed by atoms with Gasteiger partial charge in [0, 0.05) is 47.3 Å². The first kappa shape index (κ1) is 23.3. The average Bonchev–Trinajstić information content (AvgIpc) is 3.61. The van der Waals surface area contributed by atoms with Crippen LogP contribution in [0.5, 0.6) is 23.0 Å². The second kappa shape index (κ2) is 9.42. The summed E-state index contributed by atoms with van der Waals surface area (Å²) in [4.78, 5) is 24.9. The number of carbonyl (C=O) groups excluding carboxylic acids is 1. The highest BCUT2D eigenvalue weighted by atomic mass is 19.1. The quantitative estimate of drug-likeness (QED) is 0.441. The van der Waals surface area contributed by atoms with Gasteiger partial charge in [-0.3, -0.25) is 9.59 Å². The number of carboxylic acids is 1. The van der Waals surface area contributed by atoms with Crippen LogP contribution in [0.25, 0.3) is 0 Å². The summed E-state index contributed by atoms with van der Waals surface area (Å²) in [5.74, 6) is 1.09. The highest BCUT2D eigenvalue weighted by Gasteiger charge is 2.32. The third kappa shape index (κ3) is 4.48. The van der Waals surface area contributed by atoms with Gasteiger partial charge in [-0.05, 0) is 61.7 Å². The molecule has 0 aromatic heterocycles. The van der Waals surface area contributed by atoms with Gasteiger partial charge in [-0.25, -0.2) is 4.39 Å². The molecule has 37 heavy (non-hydrogen) atoms. The number of nitrogens with zero attached hydrogens (tertiary/aromatic N) is 1. The van der Waals surface area contributed by atoms with Gasteiger partial charge in [0.1, 0.15) is 34.9 Å². The minimum absolute atomic E-state index is 0.0102. The molecule has 6 rings (SSSR count). The predicted octanol–water partition coefficient (Wildman–Crippen LogP) is 5.76. The van der Waals surface area contributed by atoms with Crippen molar-refractivity contribution in [1.82, 2.24) is 0 Å². The maximum absolute atomic E-state index is 15.0. The molecule has 3 aromatic rings. The van der Waals surface area contributed by atoms with E-state index in [2.05, 4.69) is 0 Å². The van der Waals surface area contributed by atoms with Crippen LogP contribution in [-0.4, -0.2) is 30.1 Å². The zero-order valence-corrected chi connectivity index (χ0v) is 20.1. The summed E-state index contributed by atoms with van der Waals surface area (Å²) in [5.41, 5.74) is 2.97. The second-order valence-electron chi connectivity index (χ2n) is 9.63. The summed E-state index contributed by atoms with van der Waals surface area (Å²) >= 11 is 0. The highest BCUT2D eigenvalue weighted by molar-refractivity contribution is 5.95. The highest BCUT2D eigenvalue weighted by Crippen LogP contribution is 2.44. The summed E-state index contributed by atoms with van der Waals surface area (Å²) < 4.78 is 33.0. The Morgan fingerprint density at radius 1 is 1.08 bits per heavy atom. The Hall–Kier alpha value is -4.07. The minimum Gasteiger partial charge on any atom is -0.492 e. The van der Waals surface area contributed by atoms with Crippen molar-refractivity contribution in [3.05, 3.63) is 77.1 Å². The lowest BCUT2D eigenvalue weighted by atomic mass is 9.98. The van der Waals surface area contributed by atoms with Gasteiger partial charge in [-0.1, -0.05) is 6.07 Å². The average molecular weight is 504 g/mol. The topological polar surface area (TPSA) is 85.3 Å². The van der Waals surface area contributed by atoms with Crippen LogP contribution in [0.15, 0.2) is 54.6 Å². The number of ether oxygens (including phenoxy) is 3. The SMILES string of the molecule is O=C(O)C[C@@H]1COc2cc(O[C@@H]3CCc4c(Oc5ccc(N6CCCC6=O)cc5)ccc(F)c43)ccc21. The molecule has 1 amide bonds. The first-order valence-electron chi connectivity index (χ1n) is 12.5. The predicted molar refractivity (Wildman–Crippen MR) is 133 cm³/mol. The van der Waals surface area contributed by atoms with Crippen LogP contribution >= 0.6 is 0 Å². The Bertz CT molecular complexity index is 1370. The van der Waals surface area contributed by atoms with Crippen LogP contribution in [0.2, 0.25) is 0 Å². The minimum atomic E-state index is -0.865. The number of amides is 1. The zero-order chi connectivity index (χ0) is 25.5. The van der Waals surface area contributed by atoms with Crippen molar-refractivity contribution in [1.29, 1.82) is 0 Å². The van der Waals surface area contributed by atoms with E-state index in [1.807, 2.05) is 30.3 Å². The number of halogens is 1. The molecular formula is C29H26FNO6. The van der Waals surface area contributed by atoms with Crippen molar-refractivity contribution in [2.45, 2.75) is 44.1 Å². The van der Waals surface area contributed by atoms with E-state index in [0.29, 0.717) is 54.4 Å². The van der Waals surface area contributed by atoms with Crippen molar-refractivity contribution in [3.63, 3.8) is 0 Å². The zero-order valence-electron chi connectivity index (χ0n) is 20.1. The van der Waals surface area contributed by atoms with Crippen molar-refractivity contribution in [3.8, 4) is 23.0 Å². The van der Waals surface area contributed by atoms with E-state index in [4.69, 9.17) is 19.3 Å². The van der Waals surface area contributed by atoms with Gasteiger partial charge in [-0.15, -0.1) is 0 Å². The summed E-state index contributed by atoms with van der Waals surface area (Å²) in [6, 6.07) is 15.8. The standard InChI is InChI=1S/C29H26FNO6/c30-23-10-12-24(36-19-5-3-18(4-6-19)31-13-1-2-27(31)32)22-9-11-25(29(22)23)37-20-7-8-21-17(14-28(33)34)16-35-26(21)15-20/h3-8,10,12,15,17,25H,1-2,9,11,13-14,16H2,(H,33,34)/t17-,25-/m1/s1. The monoisotopic (exact) mass is 503 g/mol. The number of fused-ring (bicyclic) bond motifs is 2. The fourth-order valence-corrected chi connectivity index (χ4v) is 5.47. The maximum Gasteiger partial charge on any atom is 0.304 e. The van der Waals surface area contributed by atoms with E-state index < -0.39 is 12.1 Å². The van der Waals surface area contributed by atoms with Crippen LogP contribution in [0.1, 0.15) is 54.4 Å². The molecule has 0 saturated carbocycles. The fraction of sp³-hybridized carbons (Fsp3) is 0.310. The fourth-order valence-electron chi connectivity index (χ4n) is 5.47. The lowest BCUT2D eigenvalue weighted by molar-refractivity contribution is -0.137. The molecule has 0 spiro atoms. The van der Waals surface area contributed by atoms with Gasteiger partial charge in [0.2, 0.25) is 5.91 Å². The van der Waals surface area contributed by atoms with Gasteiger partial charge >= 0.3 is 5.97 Å². The molecule has 1 aliphatic carbocycles. The summed E-state index contributed by atoms with van der Waals surface area (Å²) in [6.45, 7) is 1.05. The van der Waals surface area contributed by atoms with Gasteiger partial charge in [0.05, 0.1) is 13.0 Å². The maximum atomic E-state index is 15.0. The van der Waals surface area contributed by atoms with Crippen molar-refractivity contribution in [2.75, 3.05) is 18.1 Å². The smallest absolute Gasteiger partial charge is 0.304 e. The Labute approximate surface area is 213 Å². The van der Waals surface area contributed by atoms with Crippen LogP contribution < -0.4 is 19.1 Å². The van der Waals surface area contributed by atoms with E-state index in [1.165, 1.54) is 6.07 Å². The Kier molecular flexibility index (Phi) is 5.94. The molecular weight excluding hydrogens is 477 g/mol. The molecule has 8 heteroatoms. The van der Waals surface area contributed by atoms with Gasteiger partial charge < -0.3 is 24.2 Å². The van der Waals surface area contributed by atoms with E-state index >= 15 is 0 Å². The summed E-state index contributed by atoms with van der Waals surface area (Å²) in [5, 5.41) is 9.10. The summed E-state index contributed by atoms with van der Waals surface area (Å²) in [6.07, 6.45) is 2.18. The van der Waals surface area contributed by atoms with Crippen molar-refractivity contribution >= 4 is 17.6 Å². The van der Waals surface area contributed by atoms with Crippen molar-refractivity contribution < 1.29 is 33.3 Å². The molecule has 1 saturated heterocycles. The normalized spacial score (nSPS) is 19.9. The number of anilines is 1. The molecule has 3 aliphatic rings. The number of carboxylic acid groups (broad SMARTS) is 1. The molecule has 0 bridgehead atoms. The number of aliphatic carboxylic acids is 1.